The standard InChI is InChI=1S/C10H19N5O/c1-4-15-6-5-12-10(15)14(3)8(2)7-9(11)13-16/h5-6,8,16H,4,7H2,1-3H3,(H2,11,13). The van der Waals surface area contributed by atoms with E-state index in [9.17, 15) is 0 Å². The van der Waals surface area contributed by atoms with Gasteiger partial charge in [0.15, 0.2) is 0 Å². The van der Waals surface area contributed by atoms with E-state index in [1.165, 1.54) is 0 Å². The molecule has 1 unspecified atom stereocenters. The van der Waals surface area contributed by atoms with Crippen molar-refractivity contribution >= 4 is 11.8 Å². The SMILES string of the molecule is CCn1ccnc1N(C)C(C)CC(N)=NO. The number of nitrogens with two attached hydrogens (primary N) is 1. The maximum atomic E-state index is 8.52. The lowest BCUT2D eigenvalue weighted by Crippen LogP contribution is -2.34. The zero-order valence-electron chi connectivity index (χ0n) is 9.96. The van der Waals surface area contributed by atoms with Crippen LogP contribution in [0.25, 0.3) is 0 Å². The molecule has 0 aliphatic carbocycles. The van der Waals surface area contributed by atoms with Gasteiger partial charge in [-0.15, -0.1) is 0 Å². The van der Waals surface area contributed by atoms with E-state index >= 15 is 0 Å². The molecule has 0 radical (unpaired) electrons. The summed E-state index contributed by atoms with van der Waals surface area (Å²) in [7, 11) is 1.95. The predicted octanol–water partition coefficient (Wildman–Crippen LogP) is 0.864. The minimum atomic E-state index is 0.128. The maximum absolute atomic E-state index is 8.52. The lowest BCUT2D eigenvalue weighted by molar-refractivity contribution is 0.316. The molecule has 0 amide bonds. The molecule has 0 fully saturated rings. The molecule has 1 atom stereocenters. The second-order valence-corrected chi connectivity index (χ2v) is 3.77. The first-order valence-electron chi connectivity index (χ1n) is 5.30. The summed E-state index contributed by atoms with van der Waals surface area (Å²) in [5.41, 5.74) is 5.48. The molecule has 90 valence electrons. The molecule has 0 aliphatic rings. The topological polar surface area (TPSA) is 79.7 Å². The van der Waals surface area contributed by atoms with Crippen LogP contribution in [-0.2, 0) is 6.54 Å². The highest BCUT2D eigenvalue weighted by Crippen LogP contribution is 2.14. The van der Waals surface area contributed by atoms with Crippen LogP contribution in [0.5, 0.6) is 0 Å². The zero-order valence-corrected chi connectivity index (χ0v) is 9.96. The highest BCUT2D eigenvalue weighted by Gasteiger charge is 2.15. The monoisotopic (exact) mass is 225 g/mol. The number of hydrogen-bond donors (Lipinski definition) is 2. The van der Waals surface area contributed by atoms with E-state index in [1.807, 2.05) is 29.6 Å². The molecule has 1 aromatic heterocycles. The molecule has 1 rings (SSSR count). The van der Waals surface area contributed by atoms with Gasteiger partial charge in [0.05, 0.1) is 0 Å². The summed E-state index contributed by atoms with van der Waals surface area (Å²) in [6.45, 7) is 4.94. The smallest absolute Gasteiger partial charge is 0.205 e. The number of aryl methyl sites for hydroxylation is 1. The van der Waals surface area contributed by atoms with E-state index in [0.29, 0.717) is 6.42 Å². The van der Waals surface area contributed by atoms with Gasteiger partial charge in [0, 0.05) is 38.4 Å². The summed E-state index contributed by atoms with van der Waals surface area (Å²) in [5.74, 6) is 1.12. The van der Waals surface area contributed by atoms with E-state index in [-0.39, 0.29) is 11.9 Å². The summed E-state index contributed by atoms with van der Waals surface area (Å²) in [5, 5.41) is 11.5. The third-order valence-electron chi connectivity index (χ3n) is 2.64. The number of imidazole rings is 1. The van der Waals surface area contributed by atoms with Gasteiger partial charge in [-0.3, -0.25) is 0 Å². The average molecular weight is 225 g/mol. The molecule has 0 saturated carbocycles. The number of nitrogens with zero attached hydrogens (tertiary/aromatic N) is 4. The average Bonchev–Trinajstić information content (AvgIpc) is 2.75. The summed E-state index contributed by atoms with van der Waals surface area (Å²) in [6, 6.07) is 0.128. The van der Waals surface area contributed by atoms with Crippen molar-refractivity contribution in [1.29, 1.82) is 0 Å². The summed E-state index contributed by atoms with van der Waals surface area (Å²) in [6.07, 6.45) is 4.21. The van der Waals surface area contributed by atoms with Crippen molar-refractivity contribution in [1.82, 2.24) is 9.55 Å². The second kappa shape index (κ2) is 5.39. The molecule has 16 heavy (non-hydrogen) atoms. The van der Waals surface area contributed by atoms with Gasteiger partial charge in [0.1, 0.15) is 5.84 Å². The van der Waals surface area contributed by atoms with Crippen molar-refractivity contribution in [2.75, 3.05) is 11.9 Å². The zero-order chi connectivity index (χ0) is 12.1. The molecule has 0 aromatic carbocycles. The minimum Gasteiger partial charge on any atom is -0.409 e. The number of aromatic nitrogens is 2. The fraction of sp³-hybridized carbons (Fsp3) is 0.600. The molecule has 0 saturated heterocycles. The van der Waals surface area contributed by atoms with Crippen LogP contribution in [0.1, 0.15) is 20.3 Å². The molecule has 0 aliphatic heterocycles. The predicted molar refractivity (Wildman–Crippen MR) is 63.8 cm³/mol. The molecule has 6 heteroatoms. The van der Waals surface area contributed by atoms with Crippen LogP contribution in [-0.4, -0.2) is 33.7 Å². The fourth-order valence-corrected chi connectivity index (χ4v) is 1.54. The maximum Gasteiger partial charge on any atom is 0.205 e. The van der Waals surface area contributed by atoms with Gasteiger partial charge in [-0.25, -0.2) is 4.98 Å². The van der Waals surface area contributed by atoms with Gasteiger partial charge >= 0.3 is 0 Å². The largest absolute Gasteiger partial charge is 0.409 e. The van der Waals surface area contributed by atoms with Crippen molar-refractivity contribution in [3.05, 3.63) is 12.4 Å². The van der Waals surface area contributed by atoms with Crippen molar-refractivity contribution in [3.63, 3.8) is 0 Å². The fourth-order valence-electron chi connectivity index (χ4n) is 1.54. The van der Waals surface area contributed by atoms with Crippen molar-refractivity contribution in [2.24, 2.45) is 10.9 Å². The molecule has 1 heterocycles. The third-order valence-corrected chi connectivity index (χ3v) is 2.64. The summed E-state index contributed by atoms with van der Waals surface area (Å²) < 4.78 is 2.04. The van der Waals surface area contributed by atoms with E-state index < -0.39 is 0 Å². The van der Waals surface area contributed by atoms with Crippen molar-refractivity contribution in [2.45, 2.75) is 32.9 Å². The molecule has 3 N–H and O–H groups in total. The Labute approximate surface area is 95.4 Å². The lowest BCUT2D eigenvalue weighted by Gasteiger charge is -2.25. The Balaban J connectivity index is 2.73. The highest BCUT2D eigenvalue weighted by molar-refractivity contribution is 5.80. The van der Waals surface area contributed by atoms with Crippen molar-refractivity contribution in [3.8, 4) is 0 Å². The summed E-state index contributed by atoms with van der Waals surface area (Å²) in [4.78, 5) is 6.30. The quantitative estimate of drug-likeness (QED) is 0.337. The first-order valence-corrected chi connectivity index (χ1v) is 5.30. The number of hydrogen-bond acceptors (Lipinski definition) is 4. The Morgan fingerprint density at radius 1 is 1.75 bits per heavy atom. The Morgan fingerprint density at radius 2 is 2.44 bits per heavy atom. The first kappa shape index (κ1) is 12.4. The van der Waals surface area contributed by atoms with Crippen LogP contribution in [0.15, 0.2) is 17.5 Å². The molecule has 0 spiro atoms. The van der Waals surface area contributed by atoms with Crippen LogP contribution in [0.3, 0.4) is 0 Å². The Kier molecular flexibility index (Phi) is 4.16. The van der Waals surface area contributed by atoms with Gasteiger partial charge in [-0.05, 0) is 13.8 Å². The van der Waals surface area contributed by atoms with Gasteiger partial charge in [-0.2, -0.15) is 0 Å². The highest BCUT2D eigenvalue weighted by atomic mass is 16.4. The van der Waals surface area contributed by atoms with Gasteiger partial charge in [-0.1, -0.05) is 5.16 Å². The molecular weight excluding hydrogens is 206 g/mol. The van der Waals surface area contributed by atoms with Gasteiger partial charge in [0.2, 0.25) is 5.95 Å². The minimum absolute atomic E-state index is 0.128. The Morgan fingerprint density at radius 3 is 3.00 bits per heavy atom. The van der Waals surface area contributed by atoms with Crippen LogP contribution in [0, 0.1) is 0 Å². The molecular formula is C10H19N5O. The second-order valence-electron chi connectivity index (χ2n) is 3.77. The van der Waals surface area contributed by atoms with E-state index in [0.717, 1.165) is 12.5 Å². The number of oxime groups is 1. The first-order chi connectivity index (χ1) is 7.60. The van der Waals surface area contributed by atoms with Crippen molar-refractivity contribution < 1.29 is 5.21 Å². The van der Waals surface area contributed by atoms with Crippen LogP contribution in [0.4, 0.5) is 5.95 Å². The van der Waals surface area contributed by atoms with Gasteiger partial charge < -0.3 is 20.4 Å². The number of anilines is 1. The van der Waals surface area contributed by atoms with Crippen LogP contribution < -0.4 is 10.6 Å². The molecule has 0 bridgehead atoms. The molecule has 1 aromatic rings. The van der Waals surface area contributed by atoms with Crippen LogP contribution >= 0.6 is 0 Å². The Bertz CT molecular complexity index is 360. The number of amidine groups is 1. The lowest BCUT2D eigenvalue weighted by atomic mass is 10.2. The van der Waals surface area contributed by atoms with E-state index in [4.69, 9.17) is 10.9 Å². The van der Waals surface area contributed by atoms with Gasteiger partial charge in [0.25, 0.3) is 0 Å². The third kappa shape index (κ3) is 2.65. The van der Waals surface area contributed by atoms with Crippen LogP contribution in [0.2, 0.25) is 0 Å². The normalized spacial score (nSPS) is 13.8. The summed E-state index contributed by atoms with van der Waals surface area (Å²) >= 11 is 0. The van der Waals surface area contributed by atoms with E-state index in [2.05, 4.69) is 17.1 Å². The van der Waals surface area contributed by atoms with E-state index in [1.54, 1.807) is 6.20 Å². The Hall–Kier alpha value is -1.72. The number of rotatable bonds is 5. The molecule has 6 nitrogen and oxygen atoms in total.